The quantitative estimate of drug-likeness (QED) is 0.447. The summed E-state index contributed by atoms with van der Waals surface area (Å²) in [7, 11) is 1.71. The molecule has 4 N–H and O–H groups in total. The van der Waals surface area contributed by atoms with E-state index in [1.54, 1.807) is 14.0 Å². The van der Waals surface area contributed by atoms with E-state index >= 15 is 0 Å². The van der Waals surface area contributed by atoms with Gasteiger partial charge in [0.05, 0.1) is 6.61 Å². The van der Waals surface area contributed by atoms with Crippen LogP contribution in [0, 0.1) is 6.92 Å². The Morgan fingerprint density at radius 2 is 2.18 bits per heavy atom. The van der Waals surface area contributed by atoms with Gasteiger partial charge in [-0.2, -0.15) is 0 Å². The minimum absolute atomic E-state index is 0.400. The molecule has 0 spiro atoms. The highest BCUT2D eigenvalue weighted by molar-refractivity contribution is 7.81. The van der Waals surface area contributed by atoms with Gasteiger partial charge >= 0.3 is 0 Å². The molecule has 0 aliphatic carbocycles. The molecule has 120 valence electrons. The van der Waals surface area contributed by atoms with Crippen molar-refractivity contribution in [1.29, 1.82) is 0 Å². The van der Waals surface area contributed by atoms with Crippen molar-refractivity contribution in [3.05, 3.63) is 12.2 Å². The molecule has 4 atom stereocenters. The summed E-state index contributed by atoms with van der Waals surface area (Å²) < 4.78 is 6.97. The summed E-state index contributed by atoms with van der Waals surface area (Å²) in [6.45, 7) is 1.28. The largest absolute Gasteiger partial charge is 0.394 e. The fraction of sp³-hybridized carbons (Fsp3) is 0.583. The summed E-state index contributed by atoms with van der Waals surface area (Å²) in [6, 6.07) is 0. The third-order valence-electron chi connectivity index (χ3n) is 3.68. The number of imidazole rings is 1. The number of aryl methyl sites for hydroxylation is 1. The number of rotatable bonds is 3. The molecule has 0 saturated carbocycles. The SMILES string of the molecule is CNc1nc(C)nc2c1ncn2[C@]1(S)O[C@H](CO)[C@@H](O)[C@H]1O. The van der Waals surface area contributed by atoms with Crippen LogP contribution >= 0.6 is 12.6 Å². The number of nitrogens with one attached hydrogen (secondary N) is 1. The highest BCUT2D eigenvalue weighted by atomic mass is 32.1. The number of hydrogen-bond donors (Lipinski definition) is 5. The lowest BCUT2D eigenvalue weighted by molar-refractivity contribution is -0.0760. The van der Waals surface area contributed by atoms with Crippen LogP contribution in [-0.2, 0) is 9.79 Å². The molecule has 0 bridgehead atoms. The molecule has 3 rings (SSSR count). The van der Waals surface area contributed by atoms with Gasteiger partial charge in [-0.05, 0) is 6.92 Å². The Hall–Kier alpha value is -1.46. The first-order valence-electron chi connectivity index (χ1n) is 6.69. The summed E-state index contributed by atoms with van der Waals surface area (Å²) in [5.74, 6) is 1.03. The van der Waals surface area contributed by atoms with Crippen molar-refractivity contribution < 1.29 is 20.1 Å². The lowest BCUT2D eigenvalue weighted by Gasteiger charge is -2.28. The number of aliphatic hydroxyl groups is 3. The summed E-state index contributed by atoms with van der Waals surface area (Å²) >= 11 is 4.38. The van der Waals surface area contributed by atoms with Gasteiger partial charge < -0.3 is 25.4 Å². The zero-order valence-electron chi connectivity index (χ0n) is 12.0. The van der Waals surface area contributed by atoms with Crippen molar-refractivity contribution in [2.45, 2.75) is 30.3 Å². The number of aliphatic hydroxyl groups excluding tert-OH is 3. The third-order valence-corrected chi connectivity index (χ3v) is 4.27. The Bertz CT molecular complexity index is 710. The fourth-order valence-electron chi connectivity index (χ4n) is 2.55. The standard InChI is InChI=1S/C12H17N5O4S/c1-5-15-10(13-2)7-11(16-5)17(4-14-7)12(22)9(20)8(19)6(3-18)21-12/h4,6,8-9,18-20,22H,3H2,1-2H3,(H,13,15,16)/t6-,8-,9-,12+/m1/s1. The van der Waals surface area contributed by atoms with E-state index in [9.17, 15) is 15.3 Å². The number of anilines is 1. The van der Waals surface area contributed by atoms with Gasteiger partial charge in [0.15, 0.2) is 17.0 Å². The molecule has 3 heterocycles. The molecule has 1 saturated heterocycles. The number of nitrogens with zero attached hydrogens (tertiary/aromatic N) is 4. The average molecular weight is 327 g/mol. The minimum Gasteiger partial charge on any atom is -0.394 e. The van der Waals surface area contributed by atoms with Crippen LogP contribution in [0.1, 0.15) is 5.82 Å². The van der Waals surface area contributed by atoms with Crippen molar-refractivity contribution >= 4 is 29.6 Å². The molecule has 0 amide bonds. The molecule has 2 aromatic heterocycles. The summed E-state index contributed by atoms with van der Waals surface area (Å²) in [6.07, 6.45) is -2.18. The Labute approximate surface area is 131 Å². The monoisotopic (exact) mass is 327 g/mol. The van der Waals surface area contributed by atoms with Gasteiger partial charge in [-0.3, -0.25) is 4.57 Å². The molecule has 22 heavy (non-hydrogen) atoms. The molecule has 2 aromatic rings. The molecule has 1 fully saturated rings. The highest BCUT2D eigenvalue weighted by Gasteiger charge is 2.54. The van der Waals surface area contributed by atoms with E-state index in [0.29, 0.717) is 22.8 Å². The maximum Gasteiger partial charge on any atom is 0.222 e. The lowest BCUT2D eigenvalue weighted by atomic mass is 10.1. The summed E-state index contributed by atoms with van der Waals surface area (Å²) in [4.78, 5) is 12.8. The summed E-state index contributed by atoms with van der Waals surface area (Å²) in [5, 5.41) is 30.8. The fourth-order valence-corrected chi connectivity index (χ4v) is 2.98. The number of fused-ring (bicyclic) bond motifs is 1. The second kappa shape index (κ2) is 5.32. The number of ether oxygens (including phenoxy) is 1. The Morgan fingerprint density at radius 1 is 1.45 bits per heavy atom. The van der Waals surface area contributed by atoms with Gasteiger partial charge in [-0.1, -0.05) is 0 Å². The van der Waals surface area contributed by atoms with Gasteiger partial charge in [0, 0.05) is 7.05 Å². The lowest BCUT2D eigenvalue weighted by Crippen LogP contribution is -2.41. The predicted octanol–water partition coefficient (Wildman–Crippen LogP) is -1.17. The van der Waals surface area contributed by atoms with Gasteiger partial charge in [-0.25, -0.2) is 15.0 Å². The van der Waals surface area contributed by atoms with Crippen LogP contribution in [-0.4, -0.2) is 66.8 Å². The molecule has 0 aromatic carbocycles. The van der Waals surface area contributed by atoms with Crippen molar-refractivity contribution in [3.63, 3.8) is 0 Å². The van der Waals surface area contributed by atoms with Crippen LogP contribution in [0.4, 0.5) is 5.82 Å². The van der Waals surface area contributed by atoms with E-state index in [0.717, 1.165) is 0 Å². The van der Waals surface area contributed by atoms with E-state index in [-0.39, 0.29) is 0 Å². The van der Waals surface area contributed by atoms with Crippen molar-refractivity contribution in [2.24, 2.45) is 0 Å². The van der Waals surface area contributed by atoms with E-state index in [4.69, 9.17) is 4.74 Å². The van der Waals surface area contributed by atoms with E-state index < -0.39 is 30.0 Å². The molecule has 0 unspecified atom stereocenters. The van der Waals surface area contributed by atoms with Crippen LogP contribution in [0.25, 0.3) is 11.2 Å². The molecular weight excluding hydrogens is 310 g/mol. The number of thiol groups is 1. The van der Waals surface area contributed by atoms with Gasteiger partial charge in [0.25, 0.3) is 0 Å². The normalized spacial score (nSPS) is 31.8. The van der Waals surface area contributed by atoms with Gasteiger partial charge in [0.2, 0.25) is 5.06 Å². The first-order valence-corrected chi connectivity index (χ1v) is 7.14. The first kappa shape index (κ1) is 15.4. The molecule has 1 aliphatic rings. The highest BCUT2D eigenvalue weighted by Crippen LogP contribution is 2.40. The van der Waals surface area contributed by atoms with Crippen LogP contribution in [0.3, 0.4) is 0 Å². The maximum atomic E-state index is 10.3. The van der Waals surface area contributed by atoms with E-state index in [1.165, 1.54) is 10.9 Å². The zero-order valence-corrected chi connectivity index (χ0v) is 12.9. The molecule has 1 aliphatic heterocycles. The zero-order chi connectivity index (χ0) is 16.1. The van der Waals surface area contributed by atoms with E-state index in [1.807, 2.05) is 0 Å². The number of aromatic nitrogens is 4. The van der Waals surface area contributed by atoms with Crippen LogP contribution in [0.5, 0.6) is 0 Å². The van der Waals surface area contributed by atoms with Gasteiger partial charge in [-0.15, -0.1) is 12.6 Å². The third kappa shape index (κ3) is 2.07. The van der Waals surface area contributed by atoms with Gasteiger partial charge in [0.1, 0.15) is 30.5 Å². The second-order valence-corrected chi connectivity index (χ2v) is 5.73. The van der Waals surface area contributed by atoms with Crippen LogP contribution in [0.2, 0.25) is 0 Å². The molecular formula is C12H17N5O4S. The van der Waals surface area contributed by atoms with Crippen LogP contribution in [0.15, 0.2) is 6.33 Å². The molecule has 9 nitrogen and oxygen atoms in total. The van der Waals surface area contributed by atoms with E-state index in [2.05, 4.69) is 32.9 Å². The van der Waals surface area contributed by atoms with Crippen molar-refractivity contribution in [1.82, 2.24) is 19.5 Å². The topological polar surface area (TPSA) is 126 Å². The predicted molar refractivity (Wildman–Crippen MR) is 80.5 cm³/mol. The Kier molecular flexibility index (Phi) is 3.73. The maximum absolute atomic E-state index is 10.3. The Morgan fingerprint density at radius 3 is 2.77 bits per heavy atom. The molecule has 10 heteroatoms. The van der Waals surface area contributed by atoms with Crippen molar-refractivity contribution in [2.75, 3.05) is 19.0 Å². The molecule has 0 radical (unpaired) electrons. The van der Waals surface area contributed by atoms with Crippen LogP contribution < -0.4 is 5.32 Å². The average Bonchev–Trinajstić information content (AvgIpc) is 3.02. The smallest absolute Gasteiger partial charge is 0.222 e. The minimum atomic E-state index is -1.59. The summed E-state index contributed by atoms with van der Waals surface area (Å²) in [5.41, 5.74) is 0.885. The van der Waals surface area contributed by atoms with Crippen molar-refractivity contribution in [3.8, 4) is 0 Å². The Balaban J connectivity index is 2.16. The second-order valence-electron chi connectivity index (χ2n) is 5.09. The first-order chi connectivity index (χ1) is 10.4. The number of hydrogen-bond acceptors (Lipinski definition) is 9.